The molecule has 2 aromatic rings. The normalized spacial score (nSPS) is 11.4. The topological polar surface area (TPSA) is 79.4 Å². The van der Waals surface area contributed by atoms with Gasteiger partial charge >= 0.3 is 11.1 Å². The van der Waals surface area contributed by atoms with Gasteiger partial charge in [0.1, 0.15) is 10.8 Å². The molecule has 0 atom stereocenters. The van der Waals surface area contributed by atoms with Crippen molar-refractivity contribution < 1.29 is 23.2 Å². The zero-order valence-electron chi connectivity index (χ0n) is 12.4. The van der Waals surface area contributed by atoms with E-state index in [4.69, 9.17) is 32.7 Å². The van der Waals surface area contributed by atoms with Crippen molar-refractivity contribution in [2.45, 2.75) is 12.3 Å². The average Bonchev–Trinajstić information content (AvgIpc) is 2.75. The fourth-order valence-corrected chi connectivity index (χ4v) is 2.36. The van der Waals surface area contributed by atoms with Crippen LogP contribution in [0.1, 0.15) is 12.6 Å². The van der Waals surface area contributed by atoms with E-state index in [0.29, 0.717) is 0 Å². The predicted molar refractivity (Wildman–Crippen MR) is 82.3 cm³/mol. The maximum atomic E-state index is 13.2. The lowest BCUT2D eigenvalue weighted by Gasteiger charge is -2.09. The third kappa shape index (κ3) is 3.68. The van der Waals surface area contributed by atoms with Gasteiger partial charge in [0.25, 0.3) is 0 Å². The molecule has 130 valence electrons. The van der Waals surface area contributed by atoms with Crippen LogP contribution in [0, 0.1) is 10.1 Å². The van der Waals surface area contributed by atoms with Gasteiger partial charge in [0.15, 0.2) is 5.69 Å². The van der Waals surface area contributed by atoms with E-state index in [9.17, 15) is 18.9 Å². The number of nitro groups is 1. The summed E-state index contributed by atoms with van der Waals surface area (Å²) in [7, 11) is 1.34. The highest BCUT2D eigenvalue weighted by Gasteiger charge is 2.37. The molecular formula is C13H11Cl2F2N3O4. The Balaban J connectivity index is 2.40. The average molecular weight is 382 g/mol. The van der Waals surface area contributed by atoms with Crippen LogP contribution in [0.25, 0.3) is 0 Å². The molecule has 1 aromatic carbocycles. The molecule has 0 spiro atoms. The van der Waals surface area contributed by atoms with Gasteiger partial charge in [-0.3, -0.25) is 10.1 Å². The quantitative estimate of drug-likeness (QED) is 0.419. The van der Waals surface area contributed by atoms with Gasteiger partial charge in [-0.25, -0.2) is 4.68 Å². The Morgan fingerprint density at radius 1 is 1.46 bits per heavy atom. The first-order valence-corrected chi connectivity index (χ1v) is 7.29. The standard InChI is InChI=1S/C13H11Cl2F2N3O4/c1-3-23-9-6-7(4-5-8(9)20(21)22)24-12-10(14)11(13(15,16)17)18-19(12)2/h4-6H,3H2,1-2H3. The van der Waals surface area contributed by atoms with Crippen LogP contribution >= 0.6 is 23.2 Å². The number of aromatic nitrogens is 2. The van der Waals surface area contributed by atoms with Crippen molar-refractivity contribution in [3.63, 3.8) is 0 Å². The van der Waals surface area contributed by atoms with Gasteiger partial charge < -0.3 is 9.47 Å². The molecule has 0 aliphatic heterocycles. The molecule has 0 saturated heterocycles. The van der Waals surface area contributed by atoms with Crippen LogP contribution in [0.15, 0.2) is 18.2 Å². The first-order valence-electron chi connectivity index (χ1n) is 6.54. The summed E-state index contributed by atoms with van der Waals surface area (Å²) in [6, 6.07) is 3.70. The molecular weight excluding hydrogens is 371 g/mol. The Kier molecular flexibility index (Phi) is 5.14. The molecule has 0 aliphatic carbocycles. The summed E-state index contributed by atoms with van der Waals surface area (Å²) in [5.74, 6) is -0.122. The van der Waals surface area contributed by atoms with Crippen LogP contribution in [0.3, 0.4) is 0 Å². The molecule has 11 heteroatoms. The highest BCUT2D eigenvalue weighted by Crippen LogP contribution is 2.42. The smallest absolute Gasteiger partial charge is 0.368 e. The predicted octanol–water partition coefficient (Wildman–Crippen LogP) is 4.46. The first-order chi connectivity index (χ1) is 11.1. The van der Waals surface area contributed by atoms with E-state index in [1.54, 1.807) is 6.92 Å². The molecule has 0 bridgehead atoms. The van der Waals surface area contributed by atoms with Crippen molar-refractivity contribution in [2.75, 3.05) is 6.61 Å². The van der Waals surface area contributed by atoms with Crippen molar-refractivity contribution in [1.29, 1.82) is 0 Å². The number of rotatable bonds is 6. The number of ether oxygens (including phenoxy) is 2. The molecule has 1 heterocycles. The van der Waals surface area contributed by atoms with Crippen LogP contribution in [0.4, 0.5) is 14.5 Å². The third-order valence-electron chi connectivity index (χ3n) is 2.85. The molecule has 0 fully saturated rings. The first kappa shape index (κ1) is 18.2. The zero-order valence-corrected chi connectivity index (χ0v) is 13.9. The van der Waals surface area contributed by atoms with Crippen LogP contribution in [-0.4, -0.2) is 21.3 Å². The van der Waals surface area contributed by atoms with Crippen molar-refractivity contribution in [2.24, 2.45) is 7.05 Å². The second kappa shape index (κ2) is 6.78. The SMILES string of the molecule is CCOc1cc(Oc2c(Cl)c(C(F)(F)Cl)nn2C)ccc1[N+](=O)[O-]. The summed E-state index contributed by atoms with van der Waals surface area (Å²) in [4.78, 5) is 10.3. The largest absolute Gasteiger partial charge is 0.487 e. The number of benzene rings is 1. The van der Waals surface area contributed by atoms with E-state index >= 15 is 0 Å². The van der Waals surface area contributed by atoms with Crippen LogP contribution in [0.2, 0.25) is 5.02 Å². The minimum absolute atomic E-state index is 0.0267. The monoisotopic (exact) mass is 381 g/mol. The Morgan fingerprint density at radius 3 is 2.62 bits per heavy atom. The fraction of sp³-hybridized carbons (Fsp3) is 0.308. The molecule has 1 aromatic heterocycles. The maximum absolute atomic E-state index is 13.2. The lowest BCUT2D eigenvalue weighted by molar-refractivity contribution is -0.385. The van der Waals surface area contributed by atoms with Crippen molar-refractivity contribution in [3.05, 3.63) is 39.0 Å². The van der Waals surface area contributed by atoms with Gasteiger partial charge in [-0.1, -0.05) is 11.6 Å². The molecule has 2 rings (SSSR count). The van der Waals surface area contributed by atoms with E-state index < -0.39 is 21.0 Å². The molecule has 0 N–H and O–H groups in total. The summed E-state index contributed by atoms with van der Waals surface area (Å²) in [6.45, 7) is 1.85. The molecule has 7 nitrogen and oxygen atoms in total. The lowest BCUT2D eigenvalue weighted by Crippen LogP contribution is -2.05. The number of hydrogen-bond acceptors (Lipinski definition) is 5. The summed E-state index contributed by atoms with van der Waals surface area (Å²) in [5.41, 5.74) is -1.11. The number of halogens is 4. The molecule has 0 saturated carbocycles. The summed E-state index contributed by atoms with van der Waals surface area (Å²) in [5, 5.41) is 10.2. The Hall–Kier alpha value is -2.13. The number of nitrogens with zero attached hydrogens (tertiary/aromatic N) is 3. The number of nitro benzene ring substituents is 1. The van der Waals surface area contributed by atoms with Gasteiger partial charge in [0, 0.05) is 19.2 Å². The number of aryl methyl sites for hydroxylation is 1. The zero-order chi connectivity index (χ0) is 18.1. The Bertz CT molecular complexity index is 777. The van der Waals surface area contributed by atoms with Crippen LogP contribution in [-0.2, 0) is 12.4 Å². The highest BCUT2D eigenvalue weighted by molar-refractivity contribution is 6.34. The van der Waals surface area contributed by atoms with Gasteiger partial charge in [0.2, 0.25) is 11.6 Å². The van der Waals surface area contributed by atoms with E-state index in [0.717, 1.165) is 4.68 Å². The summed E-state index contributed by atoms with van der Waals surface area (Å²) in [6.07, 6.45) is 0. The van der Waals surface area contributed by atoms with Gasteiger partial charge in [-0.15, -0.1) is 0 Å². The summed E-state index contributed by atoms with van der Waals surface area (Å²) >= 11 is 10.8. The second-order valence-corrected chi connectivity index (χ2v) is 5.36. The Labute approximate surface area is 144 Å². The van der Waals surface area contributed by atoms with E-state index in [-0.39, 0.29) is 29.7 Å². The third-order valence-corrected chi connectivity index (χ3v) is 3.37. The molecule has 0 unspecified atom stereocenters. The van der Waals surface area contributed by atoms with Crippen LogP contribution in [0.5, 0.6) is 17.4 Å². The lowest BCUT2D eigenvalue weighted by atomic mass is 10.3. The highest BCUT2D eigenvalue weighted by atomic mass is 35.5. The maximum Gasteiger partial charge on any atom is 0.368 e. The van der Waals surface area contributed by atoms with E-state index in [1.807, 2.05) is 0 Å². The van der Waals surface area contributed by atoms with Gasteiger partial charge in [-0.2, -0.15) is 13.9 Å². The summed E-state index contributed by atoms with van der Waals surface area (Å²) < 4.78 is 38.0. The molecule has 24 heavy (non-hydrogen) atoms. The van der Waals surface area contributed by atoms with Crippen molar-refractivity contribution in [1.82, 2.24) is 9.78 Å². The number of alkyl halides is 3. The van der Waals surface area contributed by atoms with Gasteiger partial charge in [0.05, 0.1) is 11.5 Å². The van der Waals surface area contributed by atoms with Gasteiger partial charge in [-0.05, 0) is 24.6 Å². The molecule has 0 aliphatic rings. The van der Waals surface area contributed by atoms with Crippen molar-refractivity contribution >= 4 is 28.9 Å². The minimum Gasteiger partial charge on any atom is -0.487 e. The second-order valence-electron chi connectivity index (χ2n) is 4.51. The number of hydrogen-bond donors (Lipinski definition) is 0. The van der Waals surface area contributed by atoms with E-state index in [1.165, 1.54) is 25.2 Å². The fourth-order valence-electron chi connectivity index (χ4n) is 1.87. The van der Waals surface area contributed by atoms with Crippen LogP contribution < -0.4 is 9.47 Å². The van der Waals surface area contributed by atoms with Crippen molar-refractivity contribution in [3.8, 4) is 17.4 Å². The van der Waals surface area contributed by atoms with E-state index in [2.05, 4.69) is 5.10 Å². The Morgan fingerprint density at radius 2 is 2.12 bits per heavy atom. The molecule has 0 amide bonds. The minimum atomic E-state index is -3.76. The molecule has 0 radical (unpaired) electrons.